The summed E-state index contributed by atoms with van der Waals surface area (Å²) in [5.74, 6) is 0.466. The predicted molar refractivity (Wildman–Crippen MR) is 139 cm³/mol. The molecule has 0 bridgehead atoms. The Hall–Kier alpha value is -3.34. The monoisotopic (exact) mass is 522 g/mol. The summed E-state index contributed by atoms with van der Waals surface area (Å²) in [7, 11) is -3.83. The molecular weight excluding hydrogens is 500 g/mol. The summed E-state index contributed by atoms with van der Waals surface area (Å²) in [6.45, 7) is 0.276. The minimum Gasteiger partial charge on any atom is -0.370 e. The zero-order chi connectivity index (χ0) is 25.3. The number of aliphatic hydroxyl groups is 1. The number of benzene rings is 3. The van der Waals surface area contributed by atoms with E-state index >= 15 is 0 Å². The molecule has 3 N–H and O–H groups in total. The molecule has 0 fully saturated rings. The van der Waals surface area contributed by atoms with Gasteiger partial charge in [0.1, 0.15) is 5.84 Å². The summed E-state index contributed by atoms with van der Waals surface area (Å²) in [5, 5.41) is 18.2. The molecule has 36 heavy (non-hydrogen) atoms. The second-order valence-corrected chi connectivity index (χ2v) is 10.5. The lowest BCUT2D eigenvalue weighted by Gasteiger charge is -2.24. The van der Waals surface area contributed by atoms with E-state index in [1.54, 1.807) is 24.3 Å². The van der Waals surface area contributed by atoms with Gasteiger partial charge in [-0.1, -0.05) is 35.9 Å². The first-order valence-corrected chi connectivity index (χ1v) is 13.0. The maximum absolute atomic E-state index is 11.7. The number of para-hydroxylation sites is 1. The molecule has 3 aromatic carbocycles. The van der Waals surface area contributed by atoms with E-state index in [4.69, 9.17) is 21.5 Å². The lowest BCUT2D eigenvalue weighted by Crippen LogP contribution is -2.39. The van der Waals surface area contributed by atoms with E-state index in [1.165, 1.54) is 12.1 Å². The molecule has 5 rings (SSSR count). The van der Waals surface area contributed by atoms with Crippen LogP contribution in [-0.4, -0.2) is 43.2 Å². The number of nitrogens with zero attached hydrogens (tertiary/aromatic N) is 3. The summed E-state index contributed by atoms with van der Waals surface area (Å²) < 4.78 is 29.2. The molecule has 0 amide bonds. The van der Waals surface area contributed by atoms with Gasteiger partial charge in [-0.25, -0.2) is 18.5 Å². The van der Waals surface area contributed by atoms with Crippen LogP contribution in [0.4, 0.5) is 5.69 Å². The molecule has 0 saturated carbocycles. The minimum atomic E-state index is -3.83. The van der Waals surface area contributed by atoms with Crippen LogP contribution in [0.15, 0.2) is 94.8 Å². The average molecular weight is 523 g/mol. The van der Waals surface area contributed by atoms with Crippen LogP contribution in [-0.2, 0) is 21.4 Å². The number of β-amino-alcohol motifs (C(OH)–C–C–N with tert-alkyl or cyclic N) is 1. The van der Waals surface area contributed by atoms with Gasteiger partial charge in [-0.2, -0.15) is 0 Å². The van der Waals surface area contributed by atoms with Crippen molar-refractivity contribution < 1.29 is 18.3 Å². The number of hydrogen-bond donors (Lipinski definition) is 2. The third-order valence-corrected chi connectivity index (χ3v) is 6.98. The summed E-state index contributed by atoms with van der Waals surface area (Å²) in [6, 6.07) is 24.9. The van der Waals surface area contributed by atoms with Gasteiger partial charge in [-0.3, -0.25) is 4.98 Å². The van der Waals surface area contributed by atoms with Crippen molar-refractivity contribution in [2.45, 2.75) is 17.2 Å². The lowest BCUT2D eigenvalue weighted by molar-refractivity contribution is -0.0351. The molecule has 1 atom stereocenters. The minimum absolute atomic E-state index is 0.00984. The van der Waals surface area contributed by atoms with E-state index in [-0.39, 0.29) is 24.7 Å². The molecule has 4 aromatic rings. The van der Waals surface area contributed by atoms with Crippen LogP contribution in [0.1, 0.15) is 11.3 Å². The van der Waals surface area contributed by atoms with Crippen molar-refractivity contribution in [3.63, 3.8) is 0 Å². The topological polar surface area (TPSA) is 118 Å². The molecule has 8 nitrogen and oxygen atoms in total. The van der Waals surface area contributed by atoms with E-state index in [0.29, 0.717) is 16.4 Å². The number of fused-ring (bicyclic) bond motifs is 1. The fourth-order valence-electron chi connectivity index (χ4n) is 4.06. The third-order valence-electron chi connectivity index (χ3n) is 5.80. The van der Waals surface area contributed by atoms with Gasteiger partial charge >= 0.3 is 0 Å². The molecule has 184 valence electrons. The fraction of sp³-hybridized carbons (Fsp3) is 0.154. The first-order chi connectivity index (χ1) is 17.2. The Balaban J connectivity index is 1.39. The molecule has 1 aliphatic heterocycles. The first kappa shape index (κ1) is 24.4. The summed E-state index contributed by atoms with van der Waals surface area (Å²) in [6.07, 6.45) is 0. The number of amidine groups is 1. The molecule has 1 aliphatic rings. The SMILES string of the molecule is NS(=O)(=O)c1ccc(C2=NC(O)(COCc3ccc4ccccc4n3)CN2c2ccc(Cl)cc2)cc1. The van der Waals surface area contributed by atoms with E-state index < -0.39 is 15.7 Å². The van der Waals surface area contributed by atoms with Crippen molar-refractivity contribution in [2.24, 2.45) is 10.1 Å². The van der Waals surface area contributed by atoms with Gasteiger partial charge in [0, 0.05) is 21.7 Å². The maximum Gasteiger partial charge on any atom is 0.238 e. The Morgan fingerprint density at radius 3 is 2.44 bits per heavy atom. The molecule has 0 saturated heterocycles. The van der Waals surface area contributed by atoms with Crippen LogP contribution >= 0.6 is 11.6 Å². The van der Waals surface area contributed by atoms with Crippen molar-refractivity contribution in [2.75, 3.05) is 18.1 Å². The number of nitrogens with two attached hydrogens (primary N) is 1. The predicted octanol–water partition coefficient (Wildman–Crippen LogP) is 3.71. The molecular formula is C26H23ClN4O4S. The molecule has 10 heteroatoms. The number of aliphatic imine (C=N–C) groups is 1. The number of sulfonamides is 1. The summed E-state index contributed by atoms with van der Waals surface area (Å²) in [5.41, 5.74) is 1.46. The molecule has 1 aromatic heterocycles. The van der Waals surface area contributed by atoms with Gasteiger partial charge in [0.05, 0.1) is 35.9 Å². The largest absolute Gasteiger partial charge is 0.370 e. The zero-order valence-corrected chi connectivity index (χ0v) is 20.7. The second kappa shape index (κ2) is 9.61. The van der Waals surface area contributed by atoms with Gasteiger partial charge in [0.25, 0.3) is 0 Å². The van der Waals surface area contributed by atoms with Gasteiger partial charge in [0.2, 0.25) is 10.0 Å². The van der Waals surface area contributed by atoms with Crippen molar-refractivity contribution in [3.05, 3.63) is 101 Å². The highest BCUT2D eigenvalue weighted by molar-refractivity contribution is 7.89. The zero-order valence-electron chi connectivity index (χ0n) is 19.1. The number of primary sulfonamides is 1. The molecule has 1 unspecified atom stereocenters. The standard InChI is InChI=1S/C26H23ClN4O4S/c27-20-8-11-22(12-9-20)31-16-26(32,30-25(31)19-6-13-23(14-7-19)36(28,33)34)17-35-15-21-10-5-18-3-1-2-4-24(18)29-21/h1-14,32H,15-17H2,(H2,28,33,34). The van der Waals surface area contributed by atoms with Crippen molar-refractivity contribution in [1.82, 2.24) is 4.98 Å². The second-order valence-electron chi connectivity index (χ2n) is 8.54. The highest BCUT2D eigenvalue weighted by Gasteiger charge is 2.39. The Labute approximate surface area is 213 Å². The van der Waals surface area contributed by atoms with Gasteiger partial charge in [-0.15, -0.1) is 0 Å². The number of rotatable bonds is 7. The number of halogens is 1. The van der Waals surface area contributed by atoms with Crippen molar-refractivity contribution in [1.29, 1.82) is 0 Å². The van der Waals surface area contributed by atoms with Gasteiger partial charge in [0.15, 0.2) is 5.72 Å². The van der Waals surface area contributed by atoms with Crippen LogP contribution in [0.25, 0.3) is 10.9 Å². The lowest BCUT2D eigenvalue weighted by atomic mass is 10.1. The van der Waals surface area contributed by atoms with Gasteiger partial charge in [-0.05, 0) is 60.7 Å². The average Bonchev–Trinajstić information content (AvgIpc) is 3.21. The quantitative estimate of drug-likeness (QED) is 0.382. The van der Waals surface area contributed by atoms with Crippen LogP contribution in [0.3, 0.4) is 0 Å². The Bertz CT molecular complexity index is 1540. The smallest absolute Gasteiger partial charge is 0.238 e. The molecule has 0 radical (unpaired) electrons. The highest BCUT2D eigenvalue weighted by Crippen LogP contribution is 2.30. The van der Waals surface area contributed by atoms with Crippen molar-refractivity contribution >= 4 is 44.1 Å². The normalized spacial score (nSPS) is 18.0. The summed E-state index contributed by atoms with van der Waals surface area (Å²) >= 11 is 6.06. The van der Waals surface area contributed by atoms with Crippen LogP contribution in [0, 0.1) is 0 Å². The molecule has 0 spiro atoms. The van der Waals surface area contributed by atoms with Crippen LogP contribution in [0.5, 0.6) is 0 Å². The highest BCUT2D eigenvalue weighted by atomic mass is 35.5. The van der Waals surface area contributed by atoms with Crippen LogP contribution in [0.2, 0.25) is 5.02 Å². The summed E-state index contributed by atoms with van der Waals surface area (Å²) in [4.78, 5) is 11.0. The number of pyridine rings is 1. The maximum atomic E-state index is 11.7. The van der Waals surface area contributed by atoms with Gasteiger partial charge < -0.3 is 14.7 Å². The third kappa shape index (κ3) is 5.25. The van der Waals surface area contributed by atoms with Crippen LogP contribution < -0.4 is 10.0 Å². The Morgan fingerprint density at radius 1 is 1.00 bits per heavy atom. The van der Waals surface area contributed by atoms with E-state index in [2.05, 4.69) is 9.98 Å². The van der Waals surface area contributed by atoms with Crippen molar-refractivity contribution in [3.8, 4) is 0 Å². The molecule has 0 aliphatic carbocycles. The van der Waals surface area contributed by atoms with E-state index in [9.17, 15) is 13.5 Å². The number of ether oxygens (including phenoxy) is 1. The number of hydrogen-bond acceptors (Lipinski definition) is 7. The first-order valence-electron chi connectivity index (χ1n) is 11.1. The molecule has 2 heterocycles. The van der Waals surface area contributed by atoms with E-state index in [0.717, 1.165) is 22.3 Å². The number of aromatic nitrogens is 1. The van der Waals surface area contributed by atoms with E-state index in [1.807, 2.05) is 53.4 Å². The fourth-order valence-corrected chi connectivity index (χ4v) is 4.70. The Kier molecular flexibility index (Phi) is 6.50. The number of anilines is 1. The Morgan fingerprint density at radius 2 is 1.72 bits per heavy atom.